The van der Waals surface area contributed by atoms with E-state index in [9.17, 15) is 13.6 Å². The molecule has 0 unspecified atom stereocenters. The fourth-order valence-corrected chi connectivity index (χ4v) is 4.56. The summed E-state index contributed by atoms with van der Waals surface area (Å²) < 4.78 is 33.9. The molecule has 3 heterocycles. The summed E-state index contributed by atoms with van der Waals surface area (Å²) in [5.74, 6) is -2.41. The molecule has 247 valence electrons. The standard InChI is InChI=1S/C22H23F2N7O4PS.C4H9.C2H6.H2O.Y/c23-15-6-7-18(24)30-20(15)19(25)16(9-26-14-4-2-1-3-5-14)28-21(32)17-11-37-22(29-17)13-8-27-31(10-13)12-35-36(33)34;1-3-4-2;1-2;;/h6-12,14,33-34H,1-5,25H2,(H,28,32);1,3-4H2,2H3;1-2H3;1H2;/q2*-1;;;/b19-16+,26-9?;;;;. The summed E-state index contributed by atoms with van der Waals surface area (Å²) >= 11 is 1.16. The van der Waals surface area contributed by atoms with Crippen molar-refractivity contribution in [2.24, 2.45) is 10.7 Å². The number of hydrogen-bond donors (Lipinski definition) is 4. The van der Waals surface area contributed by atoms with E-state index in [2.05, 4.69) is 43.7 Å². The second kappa shape index (κ2) is 23.1. The molecule has 3 aromatic rings. The van der Waals surface area contributed by atoms with E-state index in [-0.39, 0.29) is 61.3 Å². The maximum atomic E-state index is 14.4. The fourth-order valence-electron chi connectivity index (χ4n) is 3.61. The van der Waals surface area contributed by atoms with Crippen molar-refractivity contribution < 1.29 is 66.1 Å². The molecule has 17 heteroatoms. The number of pyridine rings is 1. The van der Waals surface area contributed by atoms with E-state index in [0.29, 0.717) is 10.6 Å². The molecular formula is C28H40F2N7O5PSY-2. The Kier molecular flexibility index (Phi) is 22.0. The molecule has 7 N–H and O–H groups in total. The zero-order valence-electron chi connectivity index (χ0n) is 25.5. The van der Waals surface area contributed by atoms with Gasteiger partial charge in [-0.1, -0.05) is 46.5 Å². The average molecular weight is 745 g/mol. The number of halogens is 2. The van der Waals surface area contributed by atoms with Gasteiger partial charge in [0.05, 0.1) is 17.4 Å². The Morgan fingerprint density at radius 1 is 1.29 bits per heavy atom. The first-order valence-electron chi connectivity index (χ1n) is 13.9. The molecule has 0 atom stereocenters. The van der Waals surface area contributed by atoms with Crippen molar-refractivity contribution in [3.05, 3.63) is 72.4 Å². The number of hydrogen-bond acceptors (Lipinski definition) is 10. The molecule has 12 nitrogen and oxygen atoms in total. The number of allylic oxidation sites excluding steroid dienone is 1. The van der Waals surface area contributed by atoms with Crippen LogP contribution in [0.25, 0.3) is 16.3 Å². The van der Waals surface area contributed by atoms with Crippen LogP contribution in [-0.4, -0.2) is 53.2 Å². The second-order valence-electron chi connectivity index (χ2n) is 8.88. The minimum atomic E-state index is -2.57. The third-order valence-corrected chi connectivity index (χ3v) is 6.96. The maximum absolute atomic E-state index is 14.4. The predicted octanol–water partition coefficient (Wildman–Crippen LogP) is 5.16. The van der Waals surface area contributed by atoms with Crippen LogP contribution in [0.4, 0.5) is 8.78 Å². The second-order valence-corrected chi connectivity index (χ2v) is 10.5. The summed E-state index contributed by atoms with van der Waals surface area (Å²) in [5.41, 5.74) is 5.98. The fraction of sp³-hybridized carbons (Fsp3) is 0.393. The number of unbranched alkanes of at least 4 members (excludes halogenated alkanes) is 1. The smallest absolute Gasteiger partial charge is 0.314 e. The molecule has 0 aromatic carbocycles. The number of nitrogens with one attached hydrogen (secondary N) is 1. The van der Waals surface area contributed by atoms with Crippen molar-refractivity contribution in [1.82, 2.24) is 25.1 Å². The van der Waals surface area contributed by atoms with Gasteiger partial charge in [-0.05, 0) is 37.3 Å². The number of nitrogens with zero attached hydrogens (tertiary/aromatic N) is 5. The average Bonchev–Trinajstić information content (AvgIpc) is 3.71. The van der Waals surface area contributed by atoms with E-state index >= 15 is 0 Å². The van der Waals surface area contributed by atoms with Gasteiger partial charge in [0.1, 0.15) is 16.4 Å². The van der Waals surface area contributed by atoms with Crippen molar-refractivity contribution in [1.29, 1.82) is 0 Å². The van der Waals surface area contributed by atoms with Crippen molar-refractivity contribution in [2.45, 2.75) is 71.8 Å². The molecule has 1 aliphatic rings. The van der Waals surface area contributed by atoms with Gasteiger partial charge in [-0.15, -0.1) is 17.5 Å². The van der Waals surface area contributed by atoms with Crippen LogP contribution in [0.1, 0.15) is 81.9 Å². The first-order chi connectivity index (χ1) is 20.7. The van der Waals surface area contributed by atoms with E-state index in [0.717, 1.165) is 68.7 Å². The van der Waals surface area contributed by atoms with Crippen molar-refractivity contribution in [3.8, 4) is 10.6 Å². The first-order valence-corrected chi connectivity index (χ1v) is 15.9. The number of thiazole rings is 1. The molecule has 4 rings (SSSR count). The molecule has 1 saturated carbocycles. The van der Waals surface area contributed by atoms with E-state index in [4.69, 9.17) is 15.5 Å². The van der Waals surface area contributed by atoms with Gasteiger partial charge in [-0.3, -0.25) is 9.79 Å². The van der Waals surface area contributed by atoms with Crippen LogP contribution >= 0.6 is 19.9 Å². The van der Waals surface area contributed by atoms with Crippen molar-refractivity contribution >= 4 is 37.8 Å². The van der Waals surface area contributed by atoms with Gasteiger partial charge >= 0.3 is 8.60 Å². The summed E-state index contributed by atoms with van der Waals surface area (Å²) in [4.78, 5) is 43.0. The number of rotatable bonds is 10. The van der Waals surface area contributed by atoms with Crippen LogP contribution in [0.3, 0.4) is 0 Å². The number of aliphatic imine (C=N–C) groups is 1. The number of carbonyl (C=O) groups excluding carboxylic acids is 1. The third kappa shape index (κ3) is 14.4. The molecule has 0 saturated heterocycles. The van der Waals surface area contributed by atoms with Crippen molar-refractivity contribution in [2.75, 3.05) is 0 Å². The predicted molar refractivity (Wildman–Crippen MR) is 169 cm³/mol. The number of aromatic nitrogens is 4. The van der Waals surface area contributed by atoms with Crippen molar-refractivity contribution in [3.63, 3.8) is 0 Å². The van der Waals surface area contributed by atoms with Gasteiger partial charge in [0.15, 0.2) is 5.82 Å². The van der Waals surface area contributed by atoms with Crippen LogP contribution in [0.15, 0.2) is 40.6 Å². The summed E-state index contributed by atoms with van der Waals surface area (Å²) in [6, 6.07) is 1.81. The van der Waals surface area contributed by atoms with Crippen LogP contribution in [-0.2, 0) is 37.2 Å². The Bertz CT molecular complexity index is 1350. The number of amides is 1. The Morgan fingerprint density at radius 3 is 2.58 bits per heavy atom. The number of nitrogens with two attached hydrogens (primary N) is 1. The minimum Gasteiger partial charge on any atom is -0.412 e. The van der Waals surface area contributed by atoms with E-state index in [1.54, 1.807) is 0 Å². The van der Waals surface area contributed by atoms with E-state index in [1.807, 2.05) is 13.8 Å². The largest absolute Gasteiger partial charge is 0.412 e. The maximum Gasteiger partial charge on any atom is 0.314 e. The summed E-state index contributed by atoms with van der Waals surface area (Å²) in [7, 11) is -2.57. The van der Waals surface area contributed by atoms with Crippen LogP contribution in [0, 0.1) is 25.4 Å². The molecule has 1 aliphatic carbocycles. The molecular weight excluding hydrogens is 704 g/mol. The zero-order valence-corrected chi connectivity index (χ0v) is 30.0. The summed E-state index contributed by atoms with van der Waals surface area (Å²) in [6.45, 7) is 10.7. The van der Waals surface area contributed by atoms with Crippen LogP contribution in [0.2, 0.25) is 0 Å². The molecule has 45 heavy (non-hydrogen) atoms. The molecule has 3 aromatic heterocycles. The summed E-state index contributed by atoms with van der Waals surface area (Å²) in [5, 5.41) is 8.55. The SMILES string of the molecule is CC.N/C(=C(\C=NC1CCCCC1)NC(=O)c1csc(-c2cnn([CH-]OP(O)O)c2)n1)c1nc(F)ccc1F.O.[CH2-]CCC.[Y]. The molecule has 1 amide bonds. The van der Waals surface area contributed by atoms with Gasteiger partial charge in [-0.2, -0.15) is 10.8 Å². The Balaban J connectivity index is 0.00000224. The molecule has 0 aliphatic heterocycles. The van der Waals surface area contributed by atoms with Gasteiger partial charge in [-0.25, -0.2) is 19.5 Å². The Morgan fingerprint density at radius 2 is 1.96 bits per heavy atom. The quantitative estimate of drug-likeness (QED) is 0.0947. The first kappa shape index (κ1) is 42.8. The monoisotopic (exact) mass is 744 g/mol. The normalized spacial score (nSPS) is 13.4. The zero-order chi connectivity index (χ0) is 31.8. The van der Waals surface area contributed by atoms with Gasteiger partial charge < -0.3 is 42.4 Å². The van der Waals surface area contributed by atoms with E-state index in [1.165, 1.54) is 35.1 Å². The van der Waals surface area contributed by atoms with Crippen LogP contribution in [0.5, 0.6) is 0 Å². The molecule has 0 spiro atoms. The molecule has 0 bridgehead atoms. The molecule has 1 radical (unpaired) electrons. The third-order valence-electron chi connectivity index (χ3n) is 5.78. The van der Waals surface area contributed by atoms with Gasteiger partial charge in [0.25, 0.3) is 5.91 Å². The minimum absolute atomic E-state index is 0. The Hall–Kier alpha value is -2.23. The van der Waals surface area contributed by atoms with Gasteiger partial charge in [0, 0.05) is 50.5 Å². The van der Waals surface area contributed by atoms with E-state index < -0.39 is 32.0 Å². The summed E-state index contributed by atoms with van der Waals surface area (Å²) in [6.07, 6.45) is 11.6. The topological polar surface area (TPSA) is 192 Å². The molecule has 1 fully saturated rings. The van der Waals surface area contributed by atoms with Gasteiger partial charge in [0.2, 0.25) is 5.95 Å². The Labute approximate surface area is 292 Å². The van der Waals surface area contributed by atoms with Crippen LogP contribution < -0.4 is 11.1 Å². The number of carbonyl (C=O) groups is 1.